The second-order valence-corrected chi connectivity index (χ2v) is 4.37. The minimum absolute atomic E-state index is 0.525. The lowest BCUT2D eigenvalue weighted by Gasteiger charge is -2.06. The summed E-state index contributed by atoms with van der Waals surface area (Å²) < 4.78 is 1.13. The number of nitrogens with zero attached hydrogens (tertiary/aromatic N) is 3. The largest absolute Gasteiger partial charge is 0.394 e. The Morgan fingerprint density at radius 2 is 2.18 bits per heavy atom. The highest BCUT2D eigenvalue weighted by Gasteiger charge is 2.02. The molecule has 0 fully saturated rings. The van der Waals surface area contributed by atoms with Crippen LogP contribution >= 0.6 is 11.3 Å². The lowest BCUT2D eigenvalue weighted by molar-refractivity contribution is 1.17. The monoisotopic (exact) mass is 243 g/mol. The van der Waals surface area contributed by atoms with Crippen LogP contribution in [-0.2, 0) is 0 Å². The molecule has 17 heavy (non-hydrogen) atoms. The van der Waals surface area contributed by atoms with Gasteiger partial charge in [0.15, 0.2) is 5.82 Å². The molecular weight excluding hydrogens is 234 g/mol. The van der Waals surface area contributed by atoms with Crippen molar-refractivity contribution >= 4 is 38.7 Å². The molecule has 0 saturated carbocycles. The summed E-state index contributed by atoms with van der Waals surface area (Å²) >= 11 is 1.60. The van der Waals surface area contributed by atoms with E-state index in [1.165, 1.54) is 6.33 Å². The van der Waals surface area contributed by atoms with Gasteiger partial charge in [-0.3, -0.25) is 0 Å². The molecule has 6 heteroatoms. The van der Waals surface area contributed by atoms with Crippen LogP contribution in [0.5, 0.6) is 0 Å². The standard InChI is InChI=1S/C11H9N5S/c12-8-4-13-5-14-11(8)16-7-1-2-9-10(3-7)17-6-15-9/h1-6H,12H2,(H,13,14,16). The smallest absolute Gasteiger partial charge is 0.157 e. The van der Waals surface area contributed by atoms with E-state index in [9.17, 15) is 0 Å². The Labute approximate surface area is 101 Å². The number of anilines is 3. The fourth-order valence-electron chi connectivity index (χ4n) is 1.51. The van der Waals surface area contributed by atoms with Crippen molar-refractivity contribution < 1.29 is 0 Å². The van der Waals surface area contributed by atoms with Gasteiger partial charge in [-0.05, 0) is 18.2 Å². The van der Waals surface area contributed by atoms with Gasteiger partial charge in [-0.25, -0.2) is 15.0 Å². The molecule has 0 bridgehead atoms. The summed E-state index contributed by atoms with van der Waals surface area (Å²) in [7, 11) is 0. The van der Waals surface area contributed by atoms with Crippen LogP contribution in [0.2, 0.25) is 0 Å². The normalized spacial score (nSPS) is 10.6. The second-order valence-electron chi connectivity index (χ2n) is 3.49. The maximum atomic E-state index is 5.76. The molecule has 3 N–H and O–H groups in total. The summed E-state index contributed by atoms with van der Waals surface area (Å²) in [6.45, 7) is 0. The first-order valence-corrected chi connectivity index (χ1v) is 5.86. The molecular formula is C11H9N5S. The first-order chi connectivity index (χ1) is 8.33. The number of benzene rings is 1. The summed E-state index contributed by atoms with van der Waals surface area (Å²) in [4.78, 5) is 12.2. The van der Waals surface area contributed by atoms with Crippen LogP contribution in [-0.4, -0.2) is 15.0 Å². The van der Waals surface area contributed by atoms with Gasteiger partial charge in [-0.1, -0.05) is 0 Å². The highest BCUT2D eigenvalue weighted by atomic mass is 32.1. The molecule has 0 atom stereocenters. The molecule has 3 rings (SSSR count). The minimum Gasteiger partial charge on any atom is -0.394 e. The predicted octanol–water partition coefficient (Wildman–Crippen LogP) is 2.41. The van der Waals surface area contributed by atoms with Gasteiger partial charge in [-0.15, -0.1) is 11.3 Å². The van der Waals surface area contributed by atoms with Crippen LogP contribution < -0.4 is 11.1 Å². The van der Waals surface area contributed by atoms with E-state index in [0.717, 1.165) is 15.9 Å². The zero-order chi connectivity index (χ0) is 11.7. The van der Waals surface area contributed by atoms with Crippen molar-refractivity contribution in [2.45, 2.75) is 0 Å². The van der Waals surface area contributed by atoms with Crippen molar-refractivity contribution in [2.75, 3.05) is 11.1 Å². The second kappa shape index (κ2) is 3.99. The predicted molar refractivity (Wildman–Crippen MR) is 69.3 cm³/mol. The zero-order valence-electron chi connectivity index (χ0n) is 8.79. The maximum absolute atomic E-state index is 5.76. The molecule has 1 aromatic carbocycles. The van der Waals surface area contributed by atoms with Gasteiger partial charge in [0.05, 0.1) is 27.6 Å². The third-order valence-electron chi connectivity index (χ3n) is 2.33. The van der Waals surface area contributed by atoms with Gasteiger partial charge in [-0.2, -0.15) is 0 Å². The average molecular weight is 243 g/mol. The molecule has 2 heterocycles. The van der Waals surface area contributed by atoms with Crippen LogP contribution in [0.25, 0.3) is 10.2 Å². The highest BCUT2D eigenvalue weighted by molar-refractivity contribution is 7.16. The Morgan fingerprint density at radius 1 is 1.24 bits per heavy atom. The number of thiazole rings is 1. The topological polar surface area (TPSA) is 76.7 Å². The van der Waals surface area contributed by atoms with Crippen LogP contribution in [0.3, 0.4) is 0 Å². The van der Waals surface area contributed by atoms with Gasteiger partial charge in [0.2, 0.25) is 0 Å². The number of nitrogens with two attached hydrogens (primary N) is 1. The Morgan fingerprint density at radius 3 is 3.06 bits per heavy atom. The molecule has 0 saturated heterocycles. The fourth-order valence-corrected chi connectivity index (χ4v) is 2.23. The van der Waals surface area contributed by atoms with E-state index >= 15 is 0 Å². The average Bonchev–Trinajstić information content (AvgIpc) is 2.79. The molecule has 84 valence electrons. The third kappa shape index (κ3) is 1.90. The lowest BCUT2D eigenvalue weighted by atomic mass is 10.3. The van der Waals surface area contributed by atoms with Crippen molar-refractivity contribution in [1.82, 2.24) is 15.0 Å². The first-order valence-electron chi connectivity index (χ1n) is 4.99. The molecule has 0 aliphatic rings. The summed E-state index contributed by atoms with van der Waals surface area (Å²) in [5.41, 5.74) is 10.0. The number of rotatable bonds is 2. The molecule has 0 aliphatic carbocycles. The number of nitrogens with one attached hydrogen (secondary N) is 1. The molecule has 0 spiro atoms. The fraction of sp³-hybridized carbons (Fsp3) is 0. The summed E-state index contributed by atoms with van der Waals surface area (Å²) in [5, 5.41) is 3.16. The van der Waals surface area contributed by atoms with Crippen LogP contribution in [0.1, 0.15) is 0 Å². The van der Waals surface area contributed by atoms with E-state index < -0.39 is 0 Å². The van der Waals surface area contributed by atoms with E-state index in [1.54, 1.807) is 17.5 Å². The Bertz CT molecular complexity index is 664. The Balaban J connectivity index is 1.97. The molecule has 5 nitrogen and oxygen atoms in total. The number of fused-ring (bicyclic) bond motifs is 1. The number of hydrogen-bond donors (Lipinski definition) is 2. The highest BCUT2D eigenvalue weighted by Crippen LogP contribution is 2.25. The van der Waals surface area contributed by atoms with Crippen molar-refractivity contribution in [2.24, 2.45) is 0 Å². The van der Waals surface area contributed by atoms with E-state index in [4.69, 9.17) is 5.73 Å². The maximum Gasteiger partial charge on any atom is 0.157 e. The summed E-state index contributed by atoms with van der Waals surface area (Å²) in [5.74, 6) is 0.615. The van der Waals surface area contributed by atoms with E-state index in [2.05, 4.69) is 20.3 Å². The number of nitrogen functional groups attached to an aromatic ring is 1. The number of aromatic nitrogens is 3. The van der Waals surface area contributed by atoms with Crippen LogP contribution in [0.4, 0.5) is 17.2 Å². The van der Waals surface area contributed by atoms with Crippen molar-refractivity contribution in [1.29, 1.82) is 0 Å². The summed E-state index contributed by atoms with van der Waals surface area (Å²) in [6, 6.07) is 5.93. The Kier molecular flexibility index (Phi) is 2.34. The van der Waals surface area contributed by atoms with Crippen LogP contribution in [0, 0.1) is 0 Å². The van der Waals surface area contributed by atoms with Crippen molar-refractivity contribution in [3.05, 3.63) is 36.2 Å². The van der Waals surface area contributed by atoms with Gasteiger partial charge in [0, 0.05) is 5.69 Å². The number of hydrogen-bond acceptors (Lipinski definition) is 6. The van der Waals surface area contributed by atoms with E-state index in [1.807, 2.05) is 23.7 Å². The molecule has 0 amide bonds. The van der Waals surface area contributed by atoms with Crippen LogP contribution in [0.15, 0.2) is 36.2 Å². The van der Waals surface area contributed by atoms with Gasteiger partial charge in [0.25, 0.3) is 0 Å². The van der Waals surface area contributed by atoms with Gasteiger partial charge in [0.1, 0.15) is 6.33 Å². The van der Waals surface area contributed by atoms with E-state index in [-0.39, 0.29) is 0 Å². The molecule has 2 aromatic heterocycles. The molecule has 0 aliphatic heterocycles. The quantitative estimate of drug-likeness (QED) is 0.722. The summed E-state index contributed by atoms with van der Waals surface area (Å²) in [6.07, 6.45) is 3.03. The molecule has 3 aromatic rings. The SMILES string of the molecule is Nc1cncnc1Nc1ccc2ncsc2c1. The van der Waals surface area contributed by atoms with E-state index in [0.29, 0.717) is 11.5 Å². The van der Waals surface area contributed by atoms with Crippen molar-refractivity contribution in [3.8, 4) is 0 Å². The minimum atomic E-state index is 0.525. The lowest BCUT2D eigenvalue weighted by Crippen LogP contribution is -1.99. The first kappa shape index (κ1) is 9.98. The Hall–Kier alpha value is -2.21. The van der Waals surface area contributed by atoms with Gasteiger partial charge >= 0.3 is 0 Å². The third-order valence-corrected chi connectivity index (χ3v) is 3.13. The van der Waals surface area contributed by atoms with Gasteiger partial charge < -0.3 is 11.1 Å². The molecule has 0 unspecified atom stereocenters. The van der Waals surface area contributed by atoms with Crippen molar-refractivity contribution in [3.63, 3.8) is 0 Å². The molecule has 0 radical (unpaired) electrons. The zero-order valence-corrected chi connectivity index (χ0v) is 9.61.